The average molecular weight is 320 g/mol. The summed E-state index contributed by atoms with van der Waals surface area (Å²) in [5.41, 5.74) is 1.05. The number of aromatic nitrogens is 2. The molecule has 1 aromatic heterocycles. The monoisotopic (exact) mass is 319 g/mol. The van der Waals surface area contributed by atoms with E-state index in [9.17, 15) is 0 Å². The number of hydrogen-bond donors (Lipinski definition) is 2. The Morgan fingerprint density at radius 2 is 1.95 bits per heavy atom. The minimum atomic E-state index is -1.82. The molecular weight excluding hydrogens is 306 g/mol. The lowest BCUT2D eigenvalue weighted by molar-refractivity contribution is -0.159. The van der Waals surface area contributed by atoms with Crippen LogP contribution in [0.1, 0.15) is 24.5 Å². The first-order valence-corrected chi connectivity index (χ1v) is 7.26. The van der Waals surface area contributed by atoms with Gasteiger partial charge in [0.15, 0.2) is 5.15 Å². The van der Waals surface area contributed by atoms with E-state index >= 15 is 0 Å². The van der Waals surface area contributed by atoms with E-state index in [-0.39, 0.29) is 0 Å². The van der Waals surface area contributed by atoms with Crippen molar-refractivity contribution in [3.63, 3.8) is 0 Å². The zero-order valence-corrected chi connectivity index (χ0v) is 12.1. The largest absolute Gasteiger partial charge is 0.473 e. The van der Waals surface area contributed by atoms with Crippen LogP contribution in [-0.4, -0.2) is 55.4 Å². The number of aliphatic carboxylic acids is 2. The van der Waals surface area contributed by atoms with Crippen LogP contribution in [0.3, 0.4) is 0 Å². The molecule has 7 nitrogen and oxygen atoms in total. The highest BCUT2D eigenvalue weighted by Crippen LogP contribution is 2.40. The third kappa shape index (κ3) is 3.44. The molecule has 9 heteroatoms. The van der Waals surface area contributed by atoms with Crippen LogP contribution in [0.15, 0.2) is 0 Å². The Labute approximate surface area is 124 Å². The fourth-order valence-electron chi connectivity index (χ4n) is 2.73. The van der Waals surface area contributed by atoms with Gasteiger partial charge < -0.3 is 15.1 Å². The molecule has 3 rings (SSSR count). The highest BCUT2D eigenvalue weighted by molar-refractivity contribution is 6.99. The molecular formula is C11H14ClN3O4S. The molecule has 2 aliphatic rings. The molecule has 20 heavy (non-hydrogen) atoms. The number of halogens is 1. The summed E-state index contributed by atoms with van der Waals surface area (Å²) in [6.45, 7) is 3.62. The molecule has 0 radical (unpaired) electrons. The van der Waals surface area contributed by atoms with Crippen LogP contribution in [0.4, 0.5) is 0 Å². The molecule has 0 aromatic carbocycles. The van der Waals surface area contributed by atoms with Crippen molar-refractivity contribution < 1.29 is 19.8 Å². The molecule has 0 saturated carbocycles. The first-order valence-electron chi connectivity index (χ1n) is 6.15. The van der Waals surface area contributed by atoms with Crippen LogP contribution in [0.25, 0.3) is 0 Å². The van der Waals surface area contributed by atoms with Crippen molar-refractivity contribution in [2.75, 3.05) is 19.6 Å². The molecule has 3 atom stereocenters. The maximum absolute atomic E-state index is 9.10. The van der Waals surface area contributed by atoms with Gasteiger partial charge in [0.05, 0.1) is 17.4 Å². The Bertz CT molecular complexity index is 498. The van der Waals surface area contributed by atoms with Gasteiger partial charge in [-0.3, -0.25) is 0 Å². The number of carboxylic acid groups (broad SMARTS) is 2. The lowest BCUT2D eigenvalue weighted by Gasteiger charge is -2.21. The van der Waals surface area contributed by atoms with E-state index in [4.69, 9.17) is 31.4 Å². The molecule has 0 aliphatic carbocycles. The van der Waals surface area contributed by atoms with Crippen LogP contribution >= 0.6 is 23.3 Å². The summed E-state index contributed by atoms with van der Waals surface area (Å²) in [7, 11) is 0. The number of piperidine rings is 1. The van der Waals surface area contributed by atoms with Gasteiger partial charge in [-0.05, 0) is 25.3 Å². The normalized spacial score (nSPS) is 27.6. The number of hydrogen-bond acceptors (Lipinski definition) is 6. The van der Waals surface area contributed by atoms with Crippen LogP contribution < -0.4 is 0 Å². The molecule has 2 saturated heterocycles. The Morgan fingerprint density at radius 1 is 1.25 bits per heavy atom. The van der Waals surface area contributed by atoms with Crippen molar-refractivity contribution in [2.24, 2.45) is 5.92 Å². The zero-order chi connectivity index (χ0) is 14.7. The van der Waals surface area contributed by atoms with Gasteiger partial charge in [0.1, 0.15) is 0 Å². The van der Waals surface area contributed by atoms with Gasteiger partial charge in [-0.25, -0.2) is 9.59 Å². The quantitative estimate of drug-likeness (QED) is 0.748. The third-order valence-electron chi connectivity index (χ3n) is 3.57. The second kappa shape index (κ2) is 6.47. The highest BCUT2D eigenvalue weighted by atomic mass is 35.5. The summed E-state index contributed by atoms with van der Waals surface area (Å²) in [4.78, 5) is 20.7. The van der Waals surface area contributed by atoms with E-state index in [1.165, 1.54) is 37.7 Å². The smallest absolute Gasteiger partial charge is 0.414 e. The molecule has 2 N–H and O–H groups in total. The lowest BCUT2D eigenvalue weighted by atomic mass is 9.89. The van der Waals surface area contributed by atoms with E-state index in [2.05, 4.69) is 13.6 Å². The summed E-state index contributed by atoms with van der Waals surface area (Å²) < 4.78 is 8.38. The zero-order valence-electron chi connectivity index (χ0n) is 10.5. The number of carboxylic acids is 2. The van der Waals surface area contributed by atoms with E-state index in [1.54, 1.807) is 0 Å². The lowest BCUT2D eigenvalue weighted by Crippen LogP contribution is -2.25. The van der Waals surface area contributed by atoms with Gasteiger partial charge in [-0.2, -0.15) is 8.75 Å². The van der Waals surface area contributed by atoms with Crippen molar-refractivity contribution in [1.82, 2.24) is 13.6 Å². The molecule has 2 bridgehead atoms. The van der Waals surface area contributed by atoms with Gasteiger partial charge in [0.25, 0.3) is 0 Å². The van der Waals surface area contributed by atoms with Crippen molar-refractivity contribution in [3.05, 3.63) is 10.8 Å². The van der Waals surface area contributed by atoms with Crippen LogP contribution in [-0.2, 0) is 9.59 Å². The van der Waals surface area contributed by atoms with Gasteiger partial charge in [-0.15, -0.1) is 0 Å². The van der Waals surface area contributed by atoms with Crippen molar-refractivity contribution >= 4 is 35.3 Å². The molecule has 2 aliphatic heterocycles. The minimum Gasteiger partial charge on any atom is -0.473 e. The molecule has 1 aromatic rings. The van der Waals surface area contributed by atoms with Crippen molar-refractivity contribution in [1.29, 1.82) is 0 Å². The molecule has 3 heterocycles. The van der Waals surface area contributed by atoms with E-state index < -0.39 is 11.9 Å². The summed E-state index contributed by atoms with van der Waals surface area (Å²) in [5.74, 6) is -2.33. The SMILES string of the molecule is Clc1nsnc1C1CN2CCCC1C2.O=C(O)C(=O)O. The molecule has 110 valence electrons. The topological polar surface area (TPSA) is 104 Å². The van der Waals surface area contributed by atoms with Crippen LogP contribution in [0, 0.1) is 5.92 Å². The fourth-order valence-corrected chi connectivity index (χ4v) is 3.57. The van der Waals surface area contributed by atoms with Gasteiger partial charge in [0, 0.05) is 19.0 Å². The maximum Gasteiger partial charge on any atom is 0.414 e. The number of fused-ring (bicyclic) bond motifs is 2. The first kappa shape index (κ1) is 15.1. The van der Waals surface area contributed by atoms with Gasteiger partial charge >= 0.3 is 11.9 Å². The summed E-state index contributed by atoms with van der Waals surface area (Å²) >= 11 is 7.27. The second-order valence-electron chi connectivity index (χ2n) is 4.82. The second-order valence-corrected chi connectivity index (χ2v) is 5.71. The van der Waals surface area contributed by atoms with E-state index in [1.807, 2.05) is 0 Å². The maximum atomic E-state index is 9.10. The summed E-state index contributed by atoms with van der Waals surface area (Å²) in [6, 6.07) is 0. The van der Waals surface area contributed by atoms with Crippen molar-refractivity contribution in [2.45, 2.75) is 18.8 Å². The summed E-state index contributed by atoms with van der Waals surface area (Å²) in [5, 5.41) is 15.4. The standard InChI is InChI=1S/C9H12ClN3S.C2H2O4/c10-9-8(11-14-12-9)7-5-13-3-1-2-6(7)4-13;3-1(4)2(5)6/h6-7H,1-5H2;(H,3,4)(H,5,6). The van der Waals surface area contributed by atoms with Crippen LogP contribution in [0.5, 0.6) is 0 Å². The molecule has 3 unspecified atom stereocenters. The molecule has 0 amide bonds. The van der Waals surface area contributed by atoms with Gasteiger partial charge in [0.2, 0.25) is 0 Å². The minimum absolute atomic E-state index is 0.545. The molecule has 0 spiro atoms. The van der Waals surface area contributed by atoms with Gasteiger partial charge in [-0.1, -0.05) is 11.6 Å². The Hall–Kier alpha value is -1.25. The Kier molecular flexibility index (Phi) is 4.90. The van der Waals surface area contributed by atoms with Crippen LogP contribution in [0.2, 0.25) is 5.15 Å². The van der Waals surface area contributed by atoms with Crippen molar-refractivity contribution in [3.8, 4) is 0 Å². The average Bonchev–Trinajstić information content (AvgIpc) is 2.94. The summed E-state index contributed by atoms with van der Waals surface area (Å²) in [6.07, 6.45) is 2.66. The fraction of sp³-hybridized carbons (Fsp3) is 0.636. The Morgan fingerprint density at radius 3 is 2.45 bits per heavy atom. The van der Waals surface area contributed by atoms with E-state index in [0.717, 1.165) is 18.2 Å². The third-order valence-corrected chi connectivity index (χ3v) is 4.49. The predicted octanol–water partition coefficient (Wildman–Crippen LogP) is 1.16. The van der Waals surface area contributed by atoms with E-state index in [0.29, 0.717) is 11.1 Å². The first-order chi connectivity index (χ1) is 9.49. The Balaban J connectivity index is 0.000000212. The highest BCUT2D eigenvalue weighted by Gasteiger charge is 2.38. The number of carbonyl (C=O) groups is 2. The predicted molar refractivity (Wildman–Crippen MR) is 72.1 cm³/mol. The number of nitrogens with zero attached hydrogens (tertiary/aromatic N) is 3. The molecule has 2 fully saturated rings. The number of rotatable bonds is 1.